The molecule has 0 amide bonds. The second-order valence-electron chi connectivity index (χ2n) is 12.7. The maximum atomic E-state index is 12.4. The zero-order chi connectivity index (χ0) is 33.9. The van der Waals surface area contributed by atoms with E-state index in [1.807, 2.05) is 49.5 Å². The molecule has 2 heterocycles. The topological polar surface area (TPSA) is 67.2 Å². The maximum Gasteiger partial charge on any atom is 0.274 e. The summed E-state index contributed by atoms with van der Waals surface area (Å²) < 4.78 is 1.60. The van der Waals surface area contributed by atoms with Crippen molar-refractivity contribution < 1.29 is 4.79 Å². The van der Waals surface area contributed by atoms with Gasteiger partial charge in [0.15, 0.2) is 5.78 Å². The second-order valence-corrected chi connectivity index (χ2v) is 12.7. The molecule has 0 bridgehead atoms. The van der Waals surface area contributed by atoms with Crippen molar-refractivity contribution in [2.75, 3.05) is 25.5 Å². The van der Waals surface area contributed by atoms with Gasteiger partial charge < -0.3 is 14.8 Å². The molecule has 0 aliphatic heterocycles. The largest absolute Gasteiger partial charge is 0.336 e. The van der Waals surface area contributed by atoms with Gasteiger partial charge in [-0.2, -0.15) is 0 Å². The Hall–Kier alpha value is -4.03. The van der Waals surface area contributed by atoms with Crippen LogP contribution in [0.1, 0.15) is 92.4 Å². The van der Waals surface area contributed by atoms with Crippen molar-refractivity contribution >= 4 is 17.3 Å². The fourth-order valence-electron chi connectivity index (χ4n) is 5.62. The van der Waals surface area contributed by atoms with E-state index < -0.39 is 0 Å². The first-order chi connectivity index (χ1) is 21.9. The minimum Gasteiger partial charge on any atom is -0.336 e. The summed E-state index contributed by atoms with van der Waals surface area (Å²) in [4.78, 5) is 30.2. The number of ketones is 1. The van der Waals surface area contributed by atoms with Gasteiger partial charge in [-0.25, -0.2) is 4.98 Å². The molecule has 0 saturated heterocycles. The lowest BCUT2D eigenvalue weighted by atomic mass is 9.92. The zero-order valence-electron chi connectivity index (χ0n) is 29.5. The number of pyridine rings is 2. The monoisotopic (exact) mass is 622 g/mol. The van der Waals surface area contributed by atoms with Gasteiger partial charge in [0, 0.05) is 30.6 Å². The SMILES string of the molecule is CCC1(c2ccc(C(C)=O)cc2)CC1.CCCN(C)CCC.Cc1ccc(Nc2cc(-c3cccc(C)c3C)cn(C)c2=O)nc1. The van der Waals surface area contributed by atoms with Gasteiger partial charge in [-0.05, 0) is 125 Å². The number of nitrogens with zero attached hydrogens (tertiary/aromatic N) is 3. The van der Waals surface area contributed by atoms with E-state index in [0.717, 1.165) is 22.3 Å². The van der Waals surface area contributed by atoms with Gasteiger partial charge in [0.05, 0.1) is 0 Å². The van der Waals surface area contributed by atoms with E-state index >= 15 is 0 Å². The lowest BCUT2D eigenvalue weighted by molar-refractivity contribution is 0.101. The Morgan fingerprint density at radius 3 is 2.13 bits per heavy atom. The molecule has 1 N–H and O–H groups in total. The van der Waals surface area contributed by atoms with Crippen LogP contribution in [0.15, 0.2) is 77.9 Å². The summed E-state index contributed by atoms with van der Waals surface area (Å²) in [7, 11) is 3.94. The Labute approximate surface area is 276 Å². The number of nitrogens with one attached hydrogen (secondary N) is 1. The van der Waals surface area contributed by atoms with Gasteiger partial charge in [-0.15, -0.1) is 0 Å². The molecule has 46 heavy (non-hydrogen) atoms. The Morgan fingerprint density at radius 2 is 1.61 bits per heavy atom. The van der Waals surface area contributed by atoms with Crippen molar-refractivity contribution in [2.45, 2.75) is 86.0 Å². The molecule has 1 aliphatic rings. The van der Waals surface area contributed by atoms with Crippen LogP contribution in [0.4, 0.5) is 11.5 Å². The van der Waals surface area contributed by atoms with E-state index in [2.05, 4.69) is 81.1 Å². The third-order valence-electron chi connectivity index (χ3n) is 8.92. The molecular weight excluding hydrogens is 568 g/mol. The molecule has 0 unspecified atom stereocenters. The molecule has 1 saturated carbocycles. The van der Waals surface area contributed by atoms with Gasteiger partial charge in [0.1, 0.15) is 11.5 Å². The Kier molecular flexibility index (Phi) is 13.5. The third-order valence-corrected chi connectivity index (χ3v) is 8.92. The number of rotatable bonds is 10. The first-order valence-electron chi connectivity index (χ1n) is 16.7. The van der Waals surface area contributed by atoms with E-state index in [4.69, 9.17) is 0 Å². The standard InChI is InChI=1S/C20H21N3O.C13H16O.C7H17N/c1-13-8-9-19(21-11-13)22-18-10-16(12-23(4)20(18)24)17-7-5-6-14(2)15(17)3;1-3-13(8-9-13)12-6-4-11(5-7-12)10(2)14;1-4-6-8(3)7-5-2/h5-12H,1-4H3,(H,21,22);4-7H,3,8-9H2,1-2H3;4-7H2,1-3H3. The van der Waals surface area contributed by atoms with Crippen LogP contribution in [0.3, 0.4) is 0 Å². The number of benzene rings is 2. The number of aryl methyl sites for hydroxylation is 3. The summed E-state index contributed by atoms with van der Waals surface area (Å²) >= 11 is 0. The quantitative estimate of drug-likeness (QED) is 0.179. The smallest absolute Gasteiger partial charge is 0.274 e. The van der Waals surface area contributed by atoms with Gasteiger partial charge in [-0.1, -0.05) is 69.3 Å². The summed E-state index contributed by atoms with van der Waals surface area (Å²) in [6.45, 7) is 16.9. The molecule has 6 nitrogen and oxygen atoms in total. The van der Waals surface area contributed by atoms with Crippen molar-refractivity contribution in [3.05, 3.63) is 111 Å². The number of hydrogen-bond donors (Lipinski definition) is 1. The average molecular weight is 623 g/mol. The summed E-state index contributed by atoms with van der Waals surface area (Å²) in [5.74, 6) is 0.814. The van der Waals surface area contributed by atoms with Gasteiger partial charge in [0.2, 0.25) is 0 Å². The van der Waals surface area contributed by atoms with Crippen LogP contribution in [0.25, 0.3) is 11.1 Å². The van der Waals surface area contributed by atoms with Crippen LogP contribution < -0.4 is 10.9 Å². The van der Waals surface area contributed by atoms with Gasteiger partial charge in [-0.3, -0.25) is 9.59 Å². The normalized spacial score (nSPS) is 12.8. The number of Topliss-reactive ketones (excluding diaryl/α,β-unsaturated/α-hetero) is 1. The number of anilines is 2. The highest BCUT2D eigenvalue weighted by Crippen LogP contribution is 2.50. The number of hydrogen-bond acceptors (Lipinski definition) is 5. The highest BCUT2D eigenvalue weighted by atomic mass is 16.1. The Morgan fingerprint density at radius 1 is 0.957 bits per heavy atom. The van der Waals surface area contributed by atoms with Gasteiger partial charge in [0.25, 0.3) is 5.56 Å². The molecule has 246 valence electrons. The summed E-state index contributed by atoms with van der Waals surface area (Å²) in [5.41, 5.74) is 8.79. The average Bonchev–Trinajstić information content (AvgIpc) is 3.84. The van der Waals surface area contributed by atoms with Crippen molar-refractivity contribution in [2.24, 2.45) is 7.05 Å². The van der Waals surface area contributed by atoms with Crippen LogP contribution >= 0.6 is 0 Å². The minimum atomic E-state index is -0.0774. The maximum absolute atomic E-state index is 12.4. The summed E-state index contributed by atoms with van der Waals surface area (Å²) in [6, 6.07) is 20.1. The molecular formula is C40H54N4O2. The molecule has 0 spiro atoms. The summed E-state index contributed by atoms with van der Waals surface area (Å²) in [6.07, 6.45) is 10.0. The highest BCUT2D eigenvalue weighted by molar-refractivity contribution is 5.94. The van der Waals surface area contributed by atoms with E-state index in [0.29, 0.717) is 16.9 Å². The zero-order valence-corrected chi connectivity index (χ0v) is 29.5. The summed E-state index contributed by atoms with van der Waals surface area (Å²) in [5, 5.41) is 3.14. The van der Waals surface area contributed by atoms with E-state index in [-0.39, 0.29) is 11.3 Å². The molecule has 0 atom stereocenters. The van der Waals surface area contributed by atoms with E-state index in [1.54, 1.807) is 24.7 Å². The van der Waals surface area contributed by atoms with Crippen molar-refractivity contribution in [3.63, 3.8) is 0 Å². The predicted octanol–water partition coefficient (Wildman–Crippen LogP) is 9.19. The van der Waals surface area contributed by atoms with Crippen LogP contribution in [0.5, 0.6) is 0 Å². The van der Waals surface area contributed by atoms with Crippen molar-refractivity contribution in [3.8, 4) is 11.1 Å². The molecule has 2 aromatic heterocycles. The molecule has 5 rings (SSSR count). The third kappa shape index (κ3) is 9.98. The van der Waals surface area contributed by atoms with Crippen molar-refractivity contribution in [1.29, 1.82) is 0 Å². The second kappa shape index (κ2) is 17.0. The lowest BCUT2D eigenvalue weighted by Gasteiger charge is -2.13. The van der Waals surface area contributed by atoms with Crippen LogP contribution in [-0.4, -0.2) is 40.4 Å². The Bertz CT molecular complexity index is 1610. The molecule has 1 aliphatic carbocycles. The number of aromatic nitrogens is 2. The van der Waals surface area contributed by atoms with Crippen molar-refractivity contribution in [1.82, 2.24) is 14.5 Å². The molecule has 6 heteroatoms. The first-order valence-corrected chi connectivity index (χ1v) is 16.7. The number of carbonyl (C=O) groups is 1. The van der Waals surface area contributed by atoms with Gasteiger partial charge >= 0.3 is 0 Å². The first kappa shape index (κ1) is 36.4. The minimum absolute atomic E-state index is 0.0774. The Balaban J connectivity index is 0.000000220. The molecule has 1 fully saturated rings. The highest BCUT2D eigenvalue weighted by Gasteiger charge is 2.42. The fraction of sp³-hybridized carbons (Fsp3) is 0.425. The number of carbonyl (C=O) groups excluding carboxylic acids is 1. The molecule has 4 aromatic rings. The molecule has 0 radical (unpaired) electrons. The van der Waals surface area contributed by atoms with E-state index in [1.165, 1.54) is 61.9 Å². The van der Waals surface area contributed by atoms with Crippen LogP contribution in [0.2, 0.25) is 0 Å². The molecule has 2 aromatic carbocycles. The predicted molar refractivity (Wildman–Crippen MR) is 195 cm³/mol. The fourth-order valence-corrected chi connectivity index (χ4v) is 5.62. The van der Waals surface area contributed by atoms with Crippen LogP contribution in [-0.2, 0) is 12.5 Å². The van der Waals surface area contributed by atoms with E-state index in [9.17, 15) is 9.59 Å². The van der Waals surface area contributed by atoms with Crippen LogP contribution in [0, 0.1) is 20.8 Å². The lowest BCUT2D eigenvalue weighted by Crippen LogP contribution is -2.19.